The van der Waals surface area contributed by atoms with Gasteiger partial charge in [0.1, 0.15) is 10.7 Å². The van der Waals surface area contributed by atoms with Crippen LogP contribution in [0, 0.1) is 6.92 Å². The number of thiophene rings is 1. The molecular weight excluding hydrogens is 400 g/mol. The summed E-state index contributed by atoms with van der Waals surface area (Å²) in [4.78, 5) is 31.3. The van der Waals surface area contributed by atoms with Gasteiger partial charge in [0.2, 0.25) is 10.0 Å². The Balaban J connectivity index is 1.73. The normalized spacial score (nSPS) is 14.6. The molecule has 0 saturated carbocycles. The first kappa shape index (κ1) is 20.9. The van der Waals surface area contributed by atoms with E-state index in [-0.39, 0.29) is 23.8 Å². The molecule has 0 fully saturated rings. The lowest BCUT2D eigenvalue weighted by Crippen LogP contribution is -2.30. The summed E-state index contributed by atoms with van der Waals surface area (Å²) in [5, 5.41) is 3.34. The van der Waals surface area contributed by atoms with Crippen molar-refractivity contribution in [3.8, 4) is 0 Å². The molecule has 8 nitrogen and oxygen atoms in total. The molecular formula is C18H26N4O4S2. The highest BCUT2D eigenvalue weighted by atomic mass is 32.2. The summed E-state index contributed by atoms with van der Waals surface area (Å²) in [5.41, 5.74) is 0.616. The maximum absolute atomic E-state index is 12.9. The van der Waals surface area contributed by atoms with Crippen LogP contribution in [0.5, 0.6) is 0 Å². The van der Waals surface area contributed by atoms with Crippen LogP contribution in [0.4, 0.5) is 0 Å². The van der Waals surface area contributed by atoms with E-state index in [1.54, 1.807) is 18.4 Å². The number of sulfonamides is 1. The van der Waals surface area contributed by atoms with Gasteiger partial charge < -0.3 is 5.32 Å². The van der Waals surface area contributed by atoms with Crippen LogP contribution in [0.2, 0.25) is 0 Å². The molecule has 3 rings (SSSR count). The van der Waals surface area contributed by atoms with Crippen molar-refractivity contribution < 1.29 is 13.2 Å². The van der Waals surface area contributed by atoms with Gasteiger partial charge in [0.05, 0.1) is 16.0 Å². The Kier molecular flexibility index (Phi) is 6.51. The molecule has 2 N–H and O–H groups in total. The fourth-order valence-electron chi connectivity index (χ4n) is 3.33. The second-order valence-electron chi connectivity index (χ2n) is 6.94. The van der Waals surface area contributed by atoms with Gasteiger partial charge in [0.25, 0.3) is 11.5 Å². The third kappa shape index (κ3) is 4.44. The van der Waals surface area contributed by atoms with Crippen LogP contribution < -0.4 is 15.6 Å². The van der Waals surface area contributed by atoms with Crippen LogP contribution in [0.1, 0.15) is 53.7 Å². The highest BCUT2D eigenvalue weighted by Gasteiger charge is 2.22. The number of amides is 1. The van der Waals surface area contributed by atoms with E-state index in [2.05, 4.69) is 15.0 Å². The average Bonchev–Trinajstić information content (AvgIpc) is 2.83. The van der Waals surface area contributed by atoms with Crippen LogP contribution >= 0.6 is 11.3 Å². The molecule has 28 heavy (non-hydrogen) atoms. The lowest BCUT2D eigenvalue weighted by atomic mass is 10.2. The lowest BCUT2D eigenvalue weighted by molar-refractivity contribution is 0.0957. The van der Waals surface area contributed by atoms with E-state index >= 15 is 0 Å². The van der Waals surface area contributed by atoms with Gasteiger partial charge in [-0.3, -0.25) is 14.2 Å². The van der Waals surface area contributed by atoms with Gasteiger partial charge in [0.15, 0.2) is 0 Å². The van der Waals surface area contributed by atoms with E-state index in [0.717, 1.165) is 31.5 Å². The minimum atomic E-state index is -3.22. The van der Waals surface area contributed by atoms with Gasteiger partial charge in [-0.15, -0.1) is 11.3 Å². The number of hydrogen-bond donors (Lipinski definition) is 2. The van der Waals surface area contributed by atoms with Gasteiger partial charge in [-0.05, 0) is 38.7 Å². The monoisotopic (exact) mass is 426 g/mol. The number of aryl methyl sites for hydroxylation is 2. The summed E-state index contributed by atoms with van der Waals surface area (Å²) >= 11 is 1.25. The third-order valence-corrected chi connectivity index (χ3v) is 7.55. The van der Waals surface area contributed by atoms with E-state index in [4.69, 9.17) is 0 Å². The Morgan fingerprint density at radius 3 is 2.79 bits per heavy atom. The van der Waals surface area contributed by atoms with E-state index in [1.165, 1.54) is 11.3 Å². The Morgan fingerprint density at radius 2 is 2.04 bits per heavy atom. The Bertz CT molecular complexity index is 1040. The average molecular weight is 427 g/mol. The zero-order chi connectivity index (χ0) is 20.3. The summed E-state index contributed by atoms with van der Waals surface area (Å²) in [6, 6.07) is 0. The molecule has 0 unspecified atom stereocenters. The maximum Gasteiger partial charge on any atom is 0.262 e. The van der Waals surface area contributed by atoms with Crippen molar-refractivity contribution in [1.29, 1.82) is 0 Å². The van der Waals surface area contributed by atoms with Crippen molar-refractivity contribution in [3.63, 3.8) is 0 Å². The molecule has 2 aromatic rings. The van der Waals surface area contributed by atoms with E-state index in [0.29, 0.717) is 40.2 Å². The molecule has 0 spiro atoms. The van der Waals surface area contributed by atoms with Crippen molar-refractivity contribution in [1.82, 2.24) is 19.6 Å². The minimum absolute atomic E-state index is 0.0346. The molecule has 10 heteroatoms. The number of carbonyl (C=O) groups excluding carboxylic acids is 1. The zero-order valence-corrected chi connectivity index (χ0v) is 17.8. The molecule has 0 radical (unpaired) electrons. The van der Waals surface area contributed by atoms with E-state index < -0.39 is 10.0 Å². The highest BCUT2D eigenvalue weighted by Crippen LogP contribution is 2.28. The number of hydrogen-bond acceptors (Lipinski definition) is 6. The molecule has 0 aliphatic carbocycles. The van der Waals surface area contributed by atoms with Gasteiger partial charge in [-0.25, -0.2) is 18.1 Å². The SMILES string of the molecule is CCS(=O)(=O)NCCCNC(=O)c1sc2nc3n(c(=O)c2c1C)CCCCC3. The molecule has 0 bridgehead atoms. The minimum Gasteiger partial charge on any atom is -0.351 e. The fraction of sp³-hybridized carbons (Fsp3) is 0.611. The van der Waals surface area contributed by atoms with Crippen LogP contribution in [0.3, 0.4) is 0 Å². The molecule has 154 valence electrons. The quantitative estimate of drug-likeness (QED) is 0.653. The largest absolute Gasteiger partial charge is 0.351 e. The number of aromatic nitrogens is 2. The molecule has 3 heterocycles. The molecule has 0 atom stereocenters. The van der Waals surface area contributed by atoms with Crippen molar-refractivity contribution >= 4 is 37.5 Å². The third-order valence-electron chi connectivity index (χ3n) is 4.96. The topological polar surface area (TPSA) is 110 Å². The van der Waals surface area contributed by atoms with Crippen LogP contribution in [-0.4, -0.2) is 42.7 Å². The smallest absolute Gasteiger partial charge is 0.262 e. The summed E-state index contributed by atoms with van der Waals surface area (Å²) < 4.78 is 27.0. The first-order valence-electron chi connectivity index (χ1n) is 9.62. The van der Waals surface area contributed by atoms with Gasteiger partial charge >= 0.3 is 0 Å². The standard InChI is InChI=1S/C18H26N4O4S2/c1-3-28(25,26)20-10-7-9-19-16(23)15-12(2)14-17(27-15)21-13-8-5-4-6-11-22(13)18(14)24/h20H,3-11H2,1-2H3,(H,19,23). The summed E-state index contributed by atoms with van der Waals surface area (Å²) in [6.45, 7) is 4.67. The van der Waals surface area contributed by atoms with Gasteiger partial charge in [0, 0.05) is 26.1 Å². The first-order chi connectivity index (χ1) is 13.3. The van der Waals surface area contributed by atoms with Crippen molar-refractivity contribution in [3.05, 3.63) is 26.6 Å². The summed E-state index contributed by atoms with van der Waals surface area (Å²) in [6.07, 6.45) is 4.37. The molecule has 1 aliphatic heterocycles. The van der Waals surface area contributed by atoms with Crippen molar-refractivity contribution in [2.24, 2.45) is 0 Å². The summed E-state index contributed by atoms with van der Waals surface area (Å²) in [5.74, 6) is 0.595. The second kappa shape index (κ2) is 8.71. The number of rotatable bonds is 7. The molecule has 0 saturated heterocycles. The second-order valence-corrected chi connectivity index (χ2v) is 10.0. The highest BCUT2D eigenvalue weighted by molar-refractivity contribution is 7.89. The number of nitrogens with zero attached hydrogens (tertiary/aromatic N) is 2. The maximum atomic E-state index is 12.9. The van der Waals surface area contributed by atoms with Gasteiger partial charge in [-0.2, -0.15) is 0 Å². The predicted octanol–water partition coefficient (Wildman–Crippen LogP) is 1.55. The van der Waals surface area contributed by atoms with Crippen molar-refractivity contribution in [2.45, 2.75) is 52.5 Å². The lowest BCUT2D eigenvalue weighted by Gasteiger charge is -2.08. The molecule has 0 aromatic carbocycles. The molecule has 1 amide bonds. The molecule has 2 aromatic heterocycles. The van der Waals surface area contributed by atoms with Crippen molar-refractivity contribution in [2.75, 3.05) is 18.8 Å². The predicted molar refractivity (Wildman–Crippen MR) is 111 cm³/mol. The first-order valence-corrected chi connectivity index (χ1v) is 12.1. The molecule has 1 aliphatic rings. The number of nitrogens with one attached hydrogen (secondary N) is 2. The zero-order valence-electron chi connectivity index (χ0n) is 16.2. The summed E-state index contributed by atoms with van der Waals surface area (Å²) in [7, 11) is -3.22. The van der Waals surface area contributed by atoms with Crippen LogP contribution in [-0.2, 0) is 23.0 Å². The Labute approximate surface area is 168 Å². The number of fused-ring (bicyclic) bond motifs is 2. The number of carbonyl (C=O) groups is 1. The Morgan fingerprint density at radius 1 is 1.25 bits per heavy atom. The van der Waals surface area contributed by atoms with Crippen LogP contribution in [0.25, 0.3) is 10.2 Å². The van der Waals surface area contributed by atoms with Crippen LogP contribution in [0.15, 0.2) is 4.79 Å². The van der Waals surface area contributed by atoms with E-state index in [1.807, 2.05) is 0 Å². The fourth-order valence-corrected chi connectivity index (χ4v) is 5.09. The Hall–Kier alpha value is -1.78. The van der Waals surface area contributed by atoms with E-state index in [9.17, 15) is 18.0 Å². The van der Waals surface area contributed by atoms with Gasteiger partial charge in [-0.1, -0.05) is 6.42 Å².